The smallest absolute Gasteiger partial charge is 0.387 e. The van der Waals surface area contributed by atoms with Crippen molar-refractivity contribution in [2.45, 2.75) is 13.2 Å². The second-order valence-corrected chi connectivity index (χ2v) is 6.60. The minimum atomic E-state index is -2.93. The molecule has 0 saturated heterocycles. The zero-order valence-corrected chi connectivity index (χ0v) is 16.3. The lowest BCUT2D eigenvalue weighted by molar-refractivity contribution is -0.0498. The number of carbonyl (C=O) groups excluding carboxylic acids is 1. The van der Waals surface area contributed by atoms with E-state index in [0.29, 0.717) is 22.5 Å². The number of rotatable bonds is 6. The van der Waals surface area contributed by atoms with Gasteiger partial charge in [-0.3, -0.25) is 9.48 Å². The van der Waals surface area contributed by atoms with Crippen LogP contribution in [0, 0.1) is 0 Å². The molecular weight excluding hydrogens is 408 g/mol. The average Bonchev–Trinajstić information content (AvgIpc) is 3.13. The first-order valence-corrected chi connectivity index (χ1v) is 9.19. The predicted molar refractivity (Wildman–Crippen MR) is 109 cm³/mol. The molecule has 0 unspecified atom stereocenters. The molecule has 158 valence electrons. The van der Waals surface area contributed by atoms with Crippen LogP contribution in [0.2, 0.25) is 0 Å². The van der Waals surface area contributed by atoms with Crippen molar-refractivity contribution in [1.82, 2.24) is 19.7 Å². The van der Waals surface area contributed by atoms with Gasteiger partial charge in [0.15, 0.2) is 0 Å². The van der Waals surface area contributed by atoms with Crippen molar-refractivity contribution in [1.29, 1.82) is 0 Å². The van der Waals surface area contributed by atoms with Crippen LogP contribution in [0.15, 0.2) is 54.9 Å². The van der Waals surface area contributed by atoms with Gasteiger partial charge in [-0.2, -0.15) is 13.9 Å². The van der Waals surface area contributed by atoms with E-state index in [0.717, 1.165) is 5.39 Å². The lowest BCUT2D eigenvalue weighted by atomic mass is 10.1. The predicted octanol–water partition coefficient (Wildman–Crippen LogP) is 3.38. The van der Waals surface area contributed by atoms with E-state index in [1.165, 1.54) is 24.3 Å². The minimum Gasteiger partial charge on any atom is -0.435 e. The third-order valence-electron chi connectivity index (χ3n) is 4.64. The molecule has 0 fully saturated rings. The Hall–Kier alpha value is -3.92. The number of aromatic nitrogens is 4. The number of fused-ring (bicyclic) bond motifs is 1. The highest BCUT2D eigenvalue weighted by Gasteiger charge is 2.13. The van der Waals surface area contributed by atoms with Gasteiger partial charge in [-0.1, -0.05) is 0 Å². The van der Waals surface area contributed by atoms with Crippen molar-refractivity contribution < 1.29 is 23.4 Å². The number of aliphatic hydroxyl groups is 1. The Morgan fingerprint density at radius 3 is 2.68 bits per heavy atom. The van der Waals surface area contributed by atoms with E-state index in [1.807, 2.05) is 12.1 Å². The van der Waals surface area contributed by atoms with Crippen LogP contribution in [0.4, 0.5) is 14.6 Å². The van der Waals surface area contributed by atoms with E-state index < -0.39 is 12.5 Å². The Balaban J connectivity index is 1.57. The van der Waals surface area contributed by atoms with E-state index >= 15 is 0 Å². The van der Waals surface area contributed by atoms with E-state index in [1.54, 1.807) is 30.2 Å². The topological polar surface area (TPSA) is 102 Å². The monoisotopic (exact) mass is 425 g/mol. The summed E-state index contributed by atoms with van der Waals surface area (Å²) < 4.78 is 30.3. The first kappa shape index (κ1) is 20.4. The van der Waals surface area contributed by atoms with Gasteiger partial charge in [-0.15, -0.1) is 0 Å². The van der Waals surface area contributed by atoms with Crippen molar-refractivity contribution in [2.24, 2.45) is 7.05 Å². The summed E-state index contributed by atoms with van der Waals surface area (Å²) >= 11 is 0. The number of anilines is 1. The molecule has 3 heterocycles. The molecule has 31 heavy (non-hydrogen) atoms. The number of halogens is 2. The van der Waals surface area contributed by atoms with Crippen LogP contribution in [0.1, 0.15) is 16.1 Å². The summed E-state index contributed by atoms with van der Waals surface area (Å²) in [6.07, 6.45) is 3.21. The molecule has 0 bridgehead atoms. The molecule has 3 aromatic heterocycles. The Bertz CT molecular complexity index is 1240. The lowest BCUT2D eigenvalue weighted by Gasteiger charge is -2.08. The van der Waals surface area contributed by atoms with Crippen molar-refractivity contribution in [3.05, 3.63) is 66.1 Å². The first-order valence-electron chi connectivity index (χ1n) is 9.19. The molecule has 0 atom stereocenters. The minimum absolute atomic E-state index is 0.0373. The molecule has 1 amide bonds. The maximum atomic E-state index is 12.5. The van der Waals surface area contributed by atoms with E-state index in [-0.39, 0.29) is 23.7 Å². The van der Waals surface area contributed by atoms with Gasteiger partial charge in [-0.05, 0) is 36.4 Å². The van der Waals surface area contributed by atoms with Gasteiger partial charge in [0.25, 0.3) is 5.91 Å². The number of aliphatic hydroxyl groups excluding tert-OH is 1. The van der Waals surface area contributed by atoms with Crippen LogP contribution in [-0.4, -0.2) is 37.4 Å². The van der Waals surface area contributed by atoms with Crippen molar-refractivity contribution in [3.63, 3.8) is 0 Å². The number of carbonyl (C=O) groups is 1. The molecule has 0 aliphatic rings. The quantitative estimate of drug-likeness (QED) is 0.491. The summed E-state index contributed by atoms with van der Waals surface area (Å²) in [5.41, 5.74) is 2.82. The molecule has 10 heteroatoms. The molecule has 0 spiro atoms. The number of amides is 1. The van der Waals surface area contributed by atoms with Gasteiger partial charge < -0.3 is 15.2 Å². The lowest BCUT2D eigenvalue weighted by Crippen LogP contribution is -2.13. The van der Waals surface area contributed by atoms with Crippen LogP contribution in [0.25, 0.3) is 22.2 Å². The van der Waals surface area contributed by atoms with Crippen molar-refractivity contribution in [2.75, 3.05) is 5.32 Å². The second-order valence-electron chi connectivity index (χ2n) is 6.60. The number of ether oxygens (including phenoxy) is 1. The van der Waals surface area contributed by atoms with Crippen molar-refractivity contribution >= 4 is 22.6 Å². The van der Waals surface area contributed by atoms with Gasteiger partial charge in [0, 0.05) is 35.8 Å². The summed E-state index contributed by atoms with van der Waals surface area (Å²) in [5.74, 6) is -0.213. The molecule has 8 nitrogen and oxygen atoms in total. The second kappa shape index (κ2) is 8.44. The summed E-state index contributed by atoms with van der Waals surface area (Å²) in [6, 6.07) is 10.6. The SMILES string of the molecule is Cn1ncc(-c2ccc3cnc(NC(=O)c4ccc(OC(F)F)cc4)cc3n2)c1CO. The molecule has 0 aliphatic carbocycles. The number of pyridine rings is 2. The Labute approximate surface area is 175 Å². The third kappa shape index (κ3) is 4.33. The summed E-state index contributed by atoms with van der Waals surface area (Å²) in [4.78, 5) is 21.3. The van der Waals surface area contributed by atoms with E-state index in [4.69, 9.17) is 0 Å². The number of hydrogen-bond acceptors (Lipinski definition) is 6. The fourth-order valence-corrected chi connectivity index (χ4v) is 3.08. The maximum Gasteiger partial charge on any atom is 0.387 e. The average molecular weight is 425 g/mol. The molecule has 1 aromatic carbocycles. The molecule has 0 radical (unpaired) electrons. The maximum absolute atomic E-state index is 12.5. The fourth-order valence-electron chi connectivity index (χ4n) is 3.08. The van der Waals surface area contributed by atoms with Crippen LogP contribution in [-0.2, 0) is 13.7 Å². The Morgan fingerprint density at radius 2 is 1.97 bits per heavy atom. The van der Waals surface area contributed by atoms with Gasteiger partial charge in [-0.25, -0.2) is 9.97 Å². The Morgan fingerprint density at radius 1 is 1.19 bits per heavy atom. The molecule has 2 N–H and O–H groups in total. The normalized spacial score (nSPS) is 11.1. The number of hydrogen-bond donors (Lipinski definition) is 2. The zero-order valence-electron chi connectivity index (χ0n) is 16.3. The van der Waals surface area contributed by atoms with Gasteiger partial charge in [0.1, 0.15) is 11.6 Å². The summed E-state index contributed by atoms with van der Waals surface area (Å²) in [7, 11) is 1.74. The Kier molecular flexibility index (Phi) is 5.54. The summed E-state index contributed by atoms with van der Waals surface area (Å²) in [6.45, 7) is -3.11. The highest BCUT2D eigenvalue weighted by molar-refractivity contribution is 6.04. The number of benzene rings is 1. The van der Waals surface area contributed by atoms with Crippen LogP contribution in [0.5, 0.6) is 5.75 Å². The molecular formula is C21H17F2N5O3. The molecule has 0 saturated carbocycles. The number of alkyl halides is 2. The third-order valence-corrected chi connectivity index (χ3v) is 4.64. The first-order chi connectivity index (χ1) is 14.9. The van der Waals surface area contributed by atoms with Crippen LogP contribution in [0.3, 0.4) is 0 Å². The molecule has 0 aliphatic heterocycles. The van der Waals surface area contributed by atoms with Crippen LogP contribution >= 0.6 is 0 Å². The van der Waals surface area contributed by atoms with Crippen LogP contribution < -0.4 is 10.1 Å². The highest BCUT2D eigenvalue weighted by Crippen LogP contribution is 2.25. The number of aryl methyl sites for hydroxylation is 1. The fraction of sp³-hybridized carbons (Fsp3) is 0.143. The van der Waals surface area contributed by atoms with Crippen molar-refractivity contribution in [3.8, 4) is 17.0 Å². The zero-order chi connectivity index (χ0) is 22.0. The van der Waals surface area contributed by atoms with Gasteiger partial charge >= 0.3 is 6.61 Å². The van der Waals surface area contributed by atoms with E-state index in [9.17, 15) is 18.7 Å². The number of nitrogens with zero attached hydrogens (tertiary/aromatic N) is 4. The molecule has 4 rings (SSSR count). The summed E-state index contributed by atoms with van der Waals surface area (Å²) in [5, 5.41) is 17.2. The highest BCUT2D eigenvalue weighted by atomic mass is 19.3. The largest absolute Gasteiger partial charge is 0.435 e. The van der Waals surface area contributed by atoms with Gasteiger partial charge in [0.2, 0.25) is 0 Å². The molecule has 4 aromatic rings. The number of nitrogens with one attached hydrogen (secondary N) is 1. The van der Waals surface area contributed by atoms with E-state index in [2.05, 4.69) is 25.1 Å². The van der Waals surface area contributed by atoms with Gasteiger partial charge in [0.05, 0.1) is 29.7 Å². The standard InChI is InChI=1S/C21H17F2N5O3/c1-28-18(11-29)15(10-25-28)16-7-4-13-9-24-19(8-17(13)26-16)27-20(30)12-2-5-14(6-3-12)31-21(22)23/h2-10,21,29H,11H2,1H3,(H,24,27,30).